The van der Waals surface area contributed by atoms with Gasteiger partial charge in [-0.15, -0.1) is 11.3 Å². The van der Waals surface area contributed by atoms with Gasteiger partial charge in [0, 0.05) is 48.7 Å². The van der Waals surface area contributed by atoms with Gasteiger partial charge in [0.1, 0.15) is 11.6 Å². The molecule has 0 radical (unpaired) electrons. The number of aromatic nitrogens is 3. The van der Waals surface area contributed by atoms with Gasteiger partial charge in [-0.1, -0.05) is 12.1 Å². The lowest BCUT2D eigenvalue weighted by atomic mass is 10.1. The van der Waals surface area contributed by atoms with Crippen LogP contribution in [0.4, 0.5) is 11.6 Å². The van der Waals surface area contributed by atoms with Crippen LogP contribution in [0.5, 0.6) is 0 Å². The van der Waals surface area contributed by atoms with Crippen molar-refractivity contribution in [1.29, 1.82) is 0 Å². The number of hydrogen-bond donors (Lipinski definition) is 1. The van der Waals surface area contributed by atoms with Crippen LogP contribution in [0.2, 0.25) is 0 Å². The van der Waals surface area contributed by atoms with Crippen molar-refractivity contribution in [2.24, 2.45) is 0 Å². The molecule has 0 spiro atoms. The third-order valence-electron chi connectivity index (χ3n) is 5.60. The smallest absolute Gasteiger partial charge is 0.257 e. The summed E-state index contributed by atoms with van der Waals surface area (Å²) in [6, 6.07) is 12.2. The van der Waals surface area contributed by atoms with Gasteiger partial charge in [-0.25, -0.2) is 9.97 Å². The van der Waals surface area contributed by atoms with E-state index in [1.54, 1.807) is 29.8 Å². The van der Waals surface area contributed by atoms with E-state index in [-0.39, 0.29) is 5.91 Å². The van der Waals surface area contributed by atoms with Crippen LogP contribution in [0.15, 0.2) is 60.5 Å². The van der Waals surface area contributed by atoms with Crippen LogP contribution in [0.25, 0.3) is 21.2 Å². The number of carbonyl (C=O) groups is 1. The van der Waals surface area contributed by atoms with Crippen molar-refractivity contribution in [3.05, 3.63) is 66.1 Å². The van der Waals surface area contributed by atoms with Gasteiger partial charge in [0.05, 0.1) is 10.4 Å². The predicted octanol–water partition coefficient (Wildman–Crippen LogP) is 3.76. The van der Waals surface area contributed by atoms with E-state index in [1.807, 2.05) is 29.9 Å². The van der Waals surface area contributed by atoms with Crippen molar-refractivity contribution in [1.82, 2.24) is 19.9 Å². The highest BCUT2D eigenvalue weighted by Crippen LogP contribution is 2.28. The molecular weight excluding hydrogens is 408 g/mol. The molecule has 156 valence electrons. The van der Waals surface area contributed by atoms with Crippen molar-refractivity contribution in [2.45, 2.75) is 6.04 Å². The number of amides is 1. The topological polar surface area (TPSA) is 74.2 Å². The summed E-state index contributed by atoms with van der Waals surface area (Å²) in [5.41, 5.74) is 3.49. The van der Waals surface area contributed by atoms with E-state index in [9.17, 15) is 4.79 Å². The van der Waals surface area contributed by atoms with E-state index in [1.165, 1.54) is 0 Å². The molecule has 1 fully saturated rings. The molecule has 0 saturated carbocycles. The maximum Gasteiger partial charge on any atom is 0.257 e. The Hall–Kier alpha value is -3.36. The second-order valence-corrected chi connectivity index (χ2v) is 8.76. The number of thiazole rings is 1. The zero-order valence-corrected chi connectivity index (χ0v) is 18.1. The van der Waals surface area contributed by atoms with Crippen LogP contribution in [0, 0.1) is 0 Å². The second-order valence-electron chi connectivity index (χ2n) is 7.88. The van der Waals surface area contributed by atoms with Gasteiger partial charge < -0.3 is 15.1 Å². The van der Waals surface area contributed by atoms with Gasteiger partial charge in [-0.05, 0) is 49.3 Å². The van der Waals surface area contributed by atoms with Crippen LogP contribution in [-0.2, 0) is 0 Å². The standard InChI is InChI=1S/C23H22N6OS/c1-28(2)19-12-29(13-19)22-9-16(5-6-25-22)23(30)27-21-8-18-7-15(20-11-24-14-31-20)3-4-17(18)10-26-21/h3-11,14,19H,12-13H2,1-2H3,(H,26,27,30). The summed E-state index contributed by atoms with van der Waals surface area (Å²) < 4.78 is 0. The Kier molecular flexibility index (Phi) is 5.09. The van der Waals surface area contributed by atoms with Gasteiger partial charge in [0.25, 0.3) is 5.91 Å². The molecule has 7 nitrogen and oxygen atoms in total. The number of hydrogen-bond acceptors (Lipinski definition) is 7. The fourth-order valence-electron chi connectivity index (χ4n) is 3.61. The van der Waals surface area contributed by atoms with Gasteiger partial charge in [0.2, 0.25) is 0 Å². The Morgan fingerprint density at radius 1 is 1.10 bits per heavy atom. The lowest BCUT2D eigenvalue weighted by Gasteiger charge is -2.43. The number of benzene rings is 1. The Bertz CT molecular complexity index is 1230. The predicted molar refractivity (Wildman–Crippen MR) is 125 cm³/mol. The first-order chi connectivity index (χ1) is 15.1. The summed E-state index contributed by atoms with van der Waals surface area (Å²) >= 11 is 1.60. The molecule has 1 saturated heterocycles. The number of pyridine rings is 2. The van der Waals surface area contributed by atoms with Crippen LogP contribution in [0.1, 0.15) is 10.4 Å². The van der Waals surface area contributed by atoms with Crippen LogP contribution in [-0.4, -0.2) is 59.0 Å². The molecule has 0 aliphatic carbocycles. The lowest BCUT2D eigenvalue weighted by Crippen LogP contribution is -2.57. The summed E-state index contributed by atoms with van der Waals surface area (Å²) in [5.74, 6) is 1.15. The molecule has 1 aliphatic heterocycles. The summed E-state index contributed by atoms with van der Waals surface area (Å²) in [6.45, 7) is 1.83. The fraction of sp³-hybridized carbons (Fsp3) is 0.217. The molecule has 0 atom stereocenters. The summed E-state index contributed by atoms with van der Waals surface area (Å²) in [6.07, 6.45) is 5.32. The average molecular weight is 431 g/mol. The van der Waals surface area contributed by atoms with E-state index in [4.69, 9.17) is 0 Å². The molecule has 31 heavy (non-hydrogen) atoms. The van der Waals surface area contributed by atoms with Gasteiger partial charge in [-0.2, -0.15) is 0 Å². The molecule has 4 heterocycles. The molecular formula is C23H22N6OS. The second kappa shape index (κ2) is 8.05. The number of fused-ring (bicyclic) bond motifs is 1. The Labute approximate surface area is 184 Å². The number of likely N-dealkylation sites (N-methyl/N-ethyl adjacent to an activating group) is 1. The summed E-state index contributed by atoms with van der Waals surface area (Å²) in [4.78, 5) is 31.3. The van der Waals surface area contributed by atoms with Crippen LogP contribution in [0.3, 0.4) is 0 Å². The molecule has 4 aromatic rings. The van der Waals surface area contributed by atoms with Gasteiger partial charge >= 0.3 is 0 Å². The van der Waals surface area contributed by atoms with E-state index in [2.05, 4.69) is 56.3 Å². The number of carbonyl (C=O) groups excluding carboxylic acids is 1. The van der Waals surface area contributed by atoms with Crippen molar-refractivity contribution in [2.75, 3.05) is 37.4 Å². The molecule has 1 N–H and O–H groups in total. The van der Waals surface area contributed by atoms with E-state index < -0.39 is 0 Å². The minimum atomic E-state index is -0.196. The van der Waals surface area contributed by atoms with E-state index in [0.29, 0.717) is 17.4 Å². The molecule has 0 unspecified atom stereocenters. The quantitative estimate of drug-likeness (QED) is 0.520. The highest BCUT2D eigenvalue weighted by molar-refractivity contribution is 7.13. The van der Waals surface area contributed by atoms with Crippen molar-refractivity contribution >= 4 is 39.7 Å². The van der Waals surface area contributed by atoms with Crippen molar-refractivity contribution < 1.29 is 4.79 Å². The van der Waals surface area contributed by atoms with Crippen LogP contribution >= 0.6 is 11.3 Å². The van der Waals surface area contributed by atoms with Crippen molar-refractivity contribution in [3.8, 4) is 10.4 Å². The Morgan fingerprint density at radius 2 is 1.97 bits per heavy atom. The zero-order valence-electron chi connectivity index (χ0n) is 17.3. The number of rotatable bonds is 5. The van der Waals surface area contributed by atoms with Gasteiger partial charge in [0.15, 0.2) is 0 Å². The average Bonchev–Trinajstić information content (AvgIpc) is 3.27. The summed E-state index contributed by atoms with van der Waals surface area (Å²) in [5, 5.41) is 4.95. The molecule has 5 rings (SSSR count). The molecule has 0 bridgehead atoms. The largest absolute Gasteiger partial charge is 0.353 e. The molecule has 3 aromatic heterocycles. The molecule has 1 amide bonds. The number of nitrogens with zero attached hydrogens (tertiary/aromatic N) is 5. The Morgan fingerprint density at radius 3 is 2.74 bits per heavy atom. The molecule has 1 aliphatic rings. The summed E-state index contributed by atoms with van der Waals surface area (Å²) in [7, 11) is 4.16. The normalized spacial score (nSPS) is 14.1. The minimum Gasteiger partial charge on any atom is -0.353 e. The number of nitrogens with one attached hydrogen (secondary N) is 1. The first-order valence-electron chi connectivity index (χ1n) is 10.0. The van der Waals surface area contributed by atoms with Crippen molar-refractivity contribution in [3.63, 3.8) is 0 Å². The van der Waals surface area contributed by atoms with E-state index >= 15 is 0 Å². The maximum atomic E-state index is 12.8. The monoisotopic (exact) mass is 430 g/mol. The first kappa shape index (κ1) is 19.6. The van der Waals surface area contributed by atoms with Gasteiger partial charge in [-0.3, -0.25) is 9.78 Å². The number of anilines is 2. The lowest BCUT2D eigenvalue weighted by molar-refractivity contribution is 0.102. The third-order valence-corrected chi connectivity index (χ3v) is 6.43. The highest BCUT2D eigenvalue weighted by atomic mass is 32.1. The van der Waals surface area contributed by atoms with Crippen LogP contribution < -0.4 is 10.2 Å². The molecule has 1 aromatic carbocycles. The fourth-order valence-corrected chi connectivity index (χ4v) is 4.23. The SMILES string of the molecule is CN(C)C1CN(c2cc(C(=O)Nc3cc4cc(-c5cncs5)ccc4cn3)ccn2)C1. The molecule has 8 heteroatoms. The maximum absolute atomic E-state index is 12.8. The third kappa shape index (κ3) is 3.99. The minimum absolute atomic E-state index is 0.196. The highest BCUT2D eigenvalue weighted by Gasteiger charge is 2.29. The zero-order chi connectivity index (χ0) is 21.4. The van der Waals surface area contributed by atoms with E-state index in [0.717, 1.165) is 40.1 Å². The Balaban J connectivity index is 1.34. The first-order valence-corrected chi connectivity index (χ1v) is 10.9.